The molecule has 0 saturated carbocycles. The van der Waals surface area contributed by atoms with Crippen molar-refractivity contribution in [2.45, 2.75) is 46.3 Å². The van der Waals surface area contributed by atoms with E-state index in [9.17, 15) is 4.79 Å². The molecule has 0 fully saturated rings. The van der Waals surface area contributed by atoms with Crippen LogP contribution in [0.5, 0.6) is 0 Å². The molecule has 1 rings (SSSR count). The van der Waals surface area contributed by atoms with Crippen molar-refractivity contribution < 1.29 is 9.53 Å². The van der Waals surface area contributed by atoms with Crippen LogP contribution in [0.1, 0.15) is 46.2 Å². The quantitative estimate of drug-likeness (QED) is 0.888. The summed E-state index contributed by atoms with van der Waals surface area (Å²) in [7, 11) is 0. The molecular weight excluding hydrogens is 252 g/mol. The molecule has 0 radical (unpaired) electrons. The minimum atomic E-state index is -0.516. The first-order chi connectivity index (χ1) is 9.15. The number of amides is 1. The Morgan fingerprint density at radius 2 is 1.75 bits per heavy atom. The Hall–Kier alpha value is -1.55. The van der Waals surface area contributed by atoms with Crippen molar-refractivity contribution in [3.05, 3.63) is 35.9 Å². The minimum Gasteiger partial charge on any atom is -0.444 e. The highest BCUT2D eigenvalue weighted by Crippen LogP contribution is 2.32. The van der Waals surface area contributed by atoms with E-state index >= 15 is 0 Å². The van der Waals surface area contributed by atoms with Gasteiger partial charge in [0.25, 0.3) is 0 Å². The predicted molar refractivity (Wildman–Crippen MR) is 81.4 cm³/mol. The van der Waals surface area contributed by atoms with Crippen LogP contribution in [0.25, 0.3) is 0 Å². The maximum Gasteiger partial charge on any atom is 0.408 e. The summed E-state index contributed by atoms with van der Waals surface area (Å²) >= 11 is 0. The molecule has 0 spiro atoms. The number of hydrogen-bond acceptors (Lipinski definition) is 3. The van der Waals surface area contributed by atoms with Gasteiger partial charge < -0.3 is 15.8 Å². The first-order valence-corrected chi connectivity index (χ1v) is 6.90. The van der Waals surface area contributed by atoms with Crippen LogP contribution < -0.4 is 11.1 Å². The molecule has 0 saturated heterocycles. The van der Waals surface area contributed by atoms with Crippen molar-refractivity contribution in [2.75, 3.05) is 6.54 Å². The summed E-state index contributed by atoms with van der Waals surface area (Å²) in [6.07, 6.45) is -0.423. The van der Waals surface area contributed by atoms with Gasteiger partial charge >= 0.3 is 6.09 Å². The highest BCUT2D eigenvalue weighted by atomic mass is 16.6. The SMILES string of the molecule is CC(C)(C)OC(=O)NC(c1ccccc1)C(C)(C)CN. The number of benzene rings is 1. The summed E-state index contributed by atoms with van der Waals surface area (Å²) in [6.45, 7) is 10.1. The van der Waals surface area contributed by atoms with Gasteiger partial charge in [0, 0.05) is 5.41 Å². The number of nitrogens with two attached hydrogens (primary N) is 1. The van der Waals surface area contributed by atoms with Crippen molar-refractivity contribution in [2.24, 2.45) is 11.1 Å². The normalized spacial score (nSPS) is 13.7. The van der Waals surface area contributed by atoms with E-state index in [1.165, 1.54) is 0 Å². The first-order valence-electron chi connectivity index (χ1n) is 6.90. The lowest BCUT2D eigenvalue weighted by Crippen LogP contribution is -2.43. The van der Waals surface area contributed by atoms with E-state index in [0.717, 1.165) is 5.56 Å². The monoisotopic (exact) mass is 278 g/mol. The van der Waals surface area contributed by atoms with Crippen LogP contribution in [0.3, 0.4) is 0 Å². The Morgan fingerprint density at radius 1 is 1.20 bits per heavy atom. The van der Waals surface area contributed by atoms with Crippen LogP contribution in [-0.4, -0.2) is 18.2 Å². The fraction of sp³-hybridized carbons (Fsp3) is 0.562. The van der Waals surface area contributed by atoms with Crippen molar-refractivity contribution in [3.8, 4) is 0 Å². The maximum absolute atomic E-state index is 12.0. The van der Waals surface area contributed by atoms with E-state index in [1.54, 1.807) is 0 Å². The van der Waals surface area contributed by atoms with E-state index in [4.69, 9.17) is 10.5 Å². The zero-order chi connectivity index (χ0) is 15.4. The van der Waals surface area contributed by atoms with Gasteiger partial charge in [-0.2, -0.15) is 0 Å². The van der Waals surface area contributed by atoms with E-state index in [-0.39, 0.29) is 11.5 Å². The Kier molecular flexibility index (Phi) is 5.17. The molecule has 1 unspecified atom stereocenters. The van der Waals surface area contributed by atoms with Gasteiger partial charge in [0.05, 0.1) is 6.04 Å². The van der Waals surface area contributed by atoms with Gasteiger partial charge in [0.15, 0.2) is 0 Å². The zero-order valence-corrected chi connectivity index (χ0v) is 13.1. The highest BCUT2D eigenvalue weighted by molar-refractivity contribution is 5.68. The van der Waals surface area contributed by atoms with Crippen LogP contribution in [0, 0.1) is 5.41 Å². The molecule has 0 heterocycles. The van der Waals surface area contributed by atoms with Crippen LogP contribution in [0.15, 0.2) is 30.3 Å². The van der Waals surface area contributed by atoms with Gasteiger partial charge in [-0.3, -0.25) is 0 Å². The van der Waals surface area contributed by atoms with Gasteiger partial charge in [-0.05, 0) is 32.9 Å². The second kappa shape index (κ2) is 6.27. The summed E-state index contributed by atoms with van der Waals surface area (Å²) in [5.41, 5.74) is 6.10. The Balaban J connectivity index is 2.93. The third-order valence-electron chi connectivity index (χ3n) is 3.10. The van der Waals surface area contributed by atoms with Crippen molar-refractivity contribution in [3.63, 3.8) is 0 Å². The largest absolute Gasteiger partial charge is 0.444 e. The second-order valence-electron chi connectivity index (χ2n) is 6.68. The topological polar surface area (TPSA) is 64.3 Å². The lowest BCUT2D eigenvalue weighted by Gasteiger charge is -2.34. The standard InChI is InChI=1S/C16H26N2O2/c1-15(2,3)20-14(19)18-13(16(4,5)11-17)12-9-7-6-8-10-12/h6-10,13H,11,17H2,1-5H3,(H,18,19). The fourth-order valence-electron chi connectivity index (χ4n) is 1.92. The van der Waals surface area contributed by atoms with Gasteiger partial charge in [0.2, 0.25) is 0 Å². The van der Waals surface area contributed by atoms with Crippen LogP contribution >= 0.6 is 0 Å². The molecule has 1 amide bonds. The molecular formula is C16H26N2O2. The van der Waals surface area contributed by atoms with E-state index in [1.807, 2.05) is 65.0 Å². The molecule has 1 aromatic rings. The number of ether oxygens (including phenoxy) is 1. The van der Waals surface area contributed by atoms with Crippen molar-refractivity contribution >= 4 is 6.09 Å². The number of alkyl carbamates (subject to hydrolysis) is 1. The molecule has 112 valence electrons. The summed E-state index contributed by atoms with van der Waals surface area (Å²) in [4.78, 5) is 12.0. The molecule has 20 heavy (non-hydrogen) atoms. The van der Waals surface area contributed by atoms with Gasteiger partial charge in [-0.25, -0.2) is 4.79 Å². The third kappa shape index (κ3) is 4.85. The summed E-state index contributed by atoms with van der Waals surface area (Å²) in [6, 6.07) is 9.63. The zero-order valence-electron chi connectivity index (χ0n) is 13.1. The molecule has 1 aromatic carbocycles. The van der Waals surface area contributed by atoms with Crippen LogP contribution in [0.2, 0.25) is 0 Å². The molecule has 1 atom stereocenters. The average Bonchev–Trinajstić information content (AvgIpc) is 2.35. The predicted octanol–water partition coefficient (Wildman–Crippen LogP) is 3.24. The highest BCUT2D eigenvalue weighted by Gasteiger charge is 2.32. The molecule has 4 nitrogen and oxygen atoms in total. The maximum atomic E-state index is 12.0. The lowest BCUT2D eigenvalue weighted by molar-refractivity contribution is 0.0459. The summed E-state index contributed by atoms with van der Waals surface area (Å²) < 4.78 is 5.34. The van der Waals surface area contributed by atoms with Gasteiger partial charge in [-0.1, -0.05) is 44.2 Å². The number of carbonyl (C=O) groups is 1. The van der Waals surface area contributed by atoms with Crippen LogP contribution in [0.4, 0.5) is 4.79 Å². The molecule has 4 heteroatoms. The Labute approximate surface area is 121 Å². The van der Waals surface area contributed by atoms with E-state index < -0.39 is 11.7 Å². The van der Waals surface area contributed by atoms with E-state index in [2.05, 4.69) is 5.32 Å². The number of hydrogen-bond donors (Lipinski definition) is 2. The molecule has 3 N–H and O–H groups in total. The smallest absolute Gasteiger partial charge is 0.408 e. The van der Waals surface area contributed by atoms with E-state index in [0.29, 0.717) is 6.54 Å². The number of nitrogens with one attached hydrogen (secondary N) is 1. The number of rotatable bonds is 4. The summed E-state index contributed by atoms with van der Waals surface area (Å²) in [5.74, 6) is 0. The van der Waals surface area contributed by atoms with Crippen molar-refractivity contribution in [1.29, 1.82) is 0 Å². The number of carbonyl (C=O) groups excluding carboxylic acids is 1. The first kappa shape index (κ1) is 16.5. The molecule has 0 aromatic heterocycles. The van der Waals surface area contributed by atoms with Gasteiger partial charge in [0.1, 0.15) is 5.60 Å². The molecule has 0 aliphatic carbocycles. The Bertz CT molecular complexity index is 436. The van der Waals surface area contributed by atoms with Gasteiger partial charge in [-0.15, -0.1) is 0 Å². The van der Waals surface area contributed by atoms with Crippen molar-refractivity contribution in [1.82, 2.24) is 5.32 Å². The summed E-state index contributed by atoms with van der Waals surface area (Å²) in [5, 5.41) is 2.94. The second-order valence-corrected chi connectivity index (χ2v) is 6.68. The molecule has 0 aliphatic rings. The molecule has 0 aliphatic heterocycles. The minimum absolute atomic E-state index is 0.191. The average molecular weight is 278 g/mol. The lowest BCUT2D eigenvalue weighted by atomic mass is 9.80. The third-order valence-corrected chi connectivity index (χ3v) is 3.10. The molecule has 0 bridgehead atoms. The fourth-order valence-corrected chi connectivity index (χ4v) is 1.92. The Morgan fingerprint density at radius 3 is 2.20 bits per heavy atom. The van der Waals surface area contributed by atoms with Crippen LogP contribution in [-0.2, 0) is 4.74 Å².